The quantitative estimate of drug-likeness (QED) is 0.0981. The molecule has 0 radical (unpaired) electrons. The van der Waals surface area contributed by atoms with E-state index < -0.39 is 0 Å². The molecule has 133 heavy (non-hydrogen) atoms. The highest BCUT2D eigenvalue weighted by atomic mass is 16.4. The second kappa shape index (κ2) is 28.9. The second-order valence-corrected chi connectivity index (χ2v) is 33.1. The second-order valence-electron chi connectivity index (χ2n) is 33.1. The maximum Gasteiger partial charge on any atom is 0.235 e. The van der Waals surface area contributed by atoms with E-state index in [1.54, 1.807) is 6.20 Å². The molecule has 16 aromatic carbocycles. The van der Waals surface area contributed by atoms with Crippen LogP contribution in [0, 0.1) is 0 Å². The molecule has 21 nitrogen and oxygen atoms in total. The summed E-state index contributed by atoms with van der Waals surface area (Å²) in [7, 11) is 0. The van der Waals surface area contributed by atoms with Crippen molar-refractivity contribution in [2.75, 3.05) is 0 Å². The Labute approximate surface area is 751 Å². The Hall–Kier alpha value is -18.8. The molecule has 12 aromatic heterocycles. The van der Waals surface area contributed by atoms with Crippen molar-refractivity contribution in [1.29, 1.82) is 0 Å². The molecule has 28 rings (SSSR count). The lowest BCUT2D eigenvalue weighted by molar-refractivity contribution is 0.619. The Bertz CT molecular complexity index is 9640. The van der Waals surface area contributed by atoms with Crippen LogP contribution in [0.2, 0.25) is 0 Å². The summed E-state index contributed by atoms with van der Waals surface area (Å²) in [4.78, 5) is 61.1. The minimum Gasteiger partial charge on any atom is -0.436 e. The fourth-order valence-corrected chi connectivity index (χ4v) is 18.9. The summed E-state index contributed by atoms with van der Waals surface area (Å²) < 4.78 is 46.1. The van der Waals surface area contributed by atoms with Crippen LogP contribution in [-0.4, -0.2) is 73.5 Å². The summed E-state index contributed by atoms with van der Waals surface area (Å²) in [6.07, 6.45) is 5.55. The smallest absolute Gasteiger partial charge is 0.235 e. The van der Waals surface area contributed by atoms with E-state index in [1.165, 1.54) is 0 Å². The standard InChI is InChI=1S/C112H61N15O6/c1-4-17-62(18-5-1)74-60-114-110(115-61-74)125-91-41-32-68(104-116-85-26-12-14-29-97(85)128-104)51-77(91)78-56-73(37-42-92(78)125)109-119-88-28-16-24-75(103(88)133-109)67-39-48-100-90(58-67)121-108(131-100)72-36-46-96-82(55-72)81-53-70(35-45-95(81)127(96)112-123-84-25-11-10-23-76(84)102(124-112)64-21-8-3-9-22-64)106-118-87-40-31-66(59-101(87)132-106)65-38-47-99-89(57-65)120-107(130-99)71-34-44-94-80(54-71)79-52-69(105-117-86-27-13-15-30-98(86)129-105)33-43-93(79)126(94)111-113-50-49-83(122-111)63-19-6-2-7-20-63/h1-61H. The molecule has 0 aliphatic heterocycles. The summed E-state index contributed by atoms with van der Waals surface area (Å²) in [5.41, 5.74) is 28.3. The van der Waals surface area contributed by atoms with Crippen molar-refractivity contribution in [2.45, 2.75) is 0 Å². The number of nitrogens with zero attached hydrogens (tertiary/aromatic N) is 15. The van der Waals surface area contributed by atoms with E-state index in [9.17, 15) is 0 Å². The predicted octanol–water partition coefficient (Wildman–Crippen LogP) is 27.7. The minimum atomic E-state index is 0.440. The molecular weight excluding hydrogens is 1650 g/mol. The van der Waals surface area contributed by atoms with Crippen molar-refractivity contribution >= 4 is 143 Å². The first-order valence-electron chi connectivity index (χ1n) is 43.5. The maximum absolute atomic E-state index is 6.92. The number of hydrogen-bond donors (Lipinski definition) is 0. The SMILES string of the molecule is c1ccc(-c2cnc(-n3c4ccc(-c5nc6ccccc6o5)cc4c4cc(-c5nc6cccc(-c7ccc8oc(-c9ccc%10c(c9)c9cc(-c%11nc%12ccc(-c%13ccc%14oc(-c%15ccc%16c(c%15)c%15cc(-c%17nc%18ccccc%18o%17)ccc%15n%16-c%15nccc(-c%16ccccc%16)n%15)nc%14c%13)cc%12o%11)ccc9n%10-c9nc(-c%10ccccc%10)c%10ccccc%10n9)nc8c7)c6o5)ccc43)nc2)cc1. The summed E-state index contributed by atoms with van der Waals surface area (Å²) >= 11 is 0. The molecule has 0 saturated heterocycles. The average Bonchev–Trinajstić information content (AvgIpc) is 1.58. The Kier molecular flexibility index (Phi) is 15.9. The van der Waals surface area contributed by atoms with Crippen LogP contribution in [0.15, 0.2) is 397 Å². The first-order chi connectivity index (χ1) is 65.8. The van der Waals surface area contributed by atoms with Gasteiger partial charge in [0.2, 0.25) is 53.2 Å². The van der Waals surface area contributed by atoms with Gasteiger partial charge in [0.05, 0.1) is 50.0 Å². The van der Waals surface area contributed by atoms with Gasteiger partial charge in [-0.1, -0.05) is 164 Å². The van der Waals surface area contributed by atoms with Gasteiger partial charge < -0.3 is 26.5 Å². The van der Waals surface area contributed by atoms with Gasteiger partial charge in [0.1, 0.15) is 33.1 Å². The highest BCUT2D eigenvalue weighted by molar-refractivity contribution is 6.15. The van der Waals surface area contributed by atoms with Crippen LogP contribution in [0.25, 0.3) is 285 Å². The molecule has 0 N–H and O–H groups in total. The number of benzene rings is 16. The van der Waals surface area contributed by atoms with Gasteiger partial charge in [0.15, 0.2) is 33.5 Å². The van der Waals surface area contributed by atoms with Crippen LogP contribution in [0.5, 0.6) is 0 Å². The molecule has 12 heterocycles. The van der Waals surface area contributed by atoms with Crippen LogP contribution in [0.3, 0.4) is 0 Å². The predicted molar refractivity (Wildman–Crippen MR) is 519 cm³/mol. The first-order valence-corrected chi connectivity index (χ1v) is 43.5. The molecule has 0 fully saturated rings. The van der Waals surface area contributed by atoms with Crippen molar-refractivity contribution in [1.82, 2.24) is 73.5 Å². The van der Waals surface area contributed by atoms with Gasteiger partial charge >= 0.3 is 0 Å². The topological polar surface area (TPSA) is 248 Å². The Balaban J connectivity index is 0.512. The molecule has 21 heteroatoms. The Morgan fingerprint density at radius 2 is 0.571 bits per heavy atom. The summed E-state index contributed by atoms with van der Waals surface area (Å²) in [5.74, 6) is 4.45. The molecule has 620 valence electrons. The molecular formula is C112H61N15O6. The number of rotatable bonds is 14. The average molecular weight is 1710 g/mol. The largest absolute Gasteiger partial charge is 0.436 e. The number of aromatic nitrogens is 15. The zero-order valence-corrected chi connectivity index (χ0v) is 69.9. The number of para-hydroxylation sites is 6. The van der Waals surface area contributed by atoms with Gasteiger partial charge in [-0.3, -0.25) is 13.7 Å². The zero-order valence-electron chi connectivity index (χ0n) is 69.9. The summed E-state index contributed by atoms with van der Waals surface area (Å²) in [5, 5.41) is 6.54. The lowest BCUT2D eigenvalue weighted by atomic mass is 10.0. The summed E-state index contributed by atoms with van der Waals surface area (Å²) in [6.45, 7) is 0. The maximum atomic E-state index is 6.92. The zero-order chi connectivity index (χ0) is 87.0. The molecule has 0 bridgehead atoms. The lowest BCUT2D eigenvalue weighted by Gasteiger charge is -2.11. The normalized spacial score (nSPS) is 12.1. The molecule has 0 spiro atoms. The van der Waals surface area contributed by atoms with Crippen molar-refractivity contribution in [3.05, 3.63) is 370 Å². The highest BCUT2D eigenvalue weighted by Crippen LogP contribution is 2.46. The third-order valence-corrected chi connectivity index (χ3v) is 25.3. The molecule has 0 saturated carbocycles. The molecule has 0 amide bonds. The van der Waals surface area contributed by atoms with E-state index in [0.29, 0.717) is 109 Å². The fraction of sp³-hybridized carbons (Fsp3) is 0. The molecule has 0 atom stereocenters. The van der Waals surface area contributed by atoms with Gasteiger partial charge in [0, 0.05) is 112 Å². The fourth-order valence-electron chi connectivity index (χ4n) is 18.9. The highest BCUT2D eigenvalue weighted by Gasteiger charge is 2.27. The van der Waals surface area contributed by atoms with Crippen molar-refractivity contribution in [2.24, 2.45) is 0 Å². The van der Waals surface area contributed by atoms with E-state index in [4.69, 9.17) is 86.3 Å². The molecule has 28 aromatic rings. The van der Waals surface area contributed by atoms with Gasteiger partial charge in [0.25, 0.3) is 0 Å². The van der Waals surface area contributed by atoms with E-state index in [2.05, 4.69) is 141 Å². The monoisotopic (exact) mass is 1710 g/mol. The van der Waals surface area contributed by atoms with Crippen molar-refractivity contribution < 1.29 is 26.5 Å². The van der Waals surface area contributed by atoms with Gasteiger partial charge in [-0.05, 0) is 210 Å². The van der Waals surface area contributed by atoms with E-state index in [-0.39, 0.29) is 0 Å². The minimum absolute atomic E-state index is 0.440. The Morgan fingerprint density at radius 1 is 0.188 bits per heavy atom. The van der Waals surface area contributed by atoms with Crippen molar-refractivity contribution in [3.63, 3.8) is 0 Å². The molecule has 0 unspecified atom stereocenters. The summed E-state index contributed by atoms with van der Waals surface area (Å²) in [6, 6.07) is 118. The van der Waals surface area contributed by atoms with Crippen LogP contribution in [0.4, 0.5) is 0 Å². The van der Waals surface area contributed by atoms with E-state index in [1.807, 2.05) is 237 Å². The van der Waals surface area contributed by atoms with Crippen LogP contribution < -0.4 is 0 Å². The van der Waals surface area contributed by atoms with Gasteiger partial charge in [-0.25, -0.2) is 59.8 Å². The van der Waals surface area contributed by atoms with Crippen molar-refractivity contribution in [3.8, 4) is 142 Å². The third kappa shape index (κ3) is 12.0. The van der Waals surface area contributed by atoms with Gasteiger partial charge in [-0.15, -0.1) is 0 Å². The van der Waals surface area contributed by atoms with E-state index in [0.717, 1.165) is 177 Å². The van der Waals surface area contributed by atoms with Crippen LogP contribution in [0.1, 0.15) is 0 Å². The Morgan fingerprint density at radius 3 is 1.10 bits per heavy atom. The molecule has 0 aliphatic rings. The number of oxazole rings is 6. The number of hydrogen-bond acceptors (Lipinski definition) is 18. The van der Waals surface area contributed by atoms with Gasteiger partial charge in [-0.2, -0.15) is 0 Å². The third-order valence-electron chi connectivity index (χ3n) is 25.3. The number of fused-ring (bicyclic) bond motifs is 16. The van der Waals surface area contributed by atoms with E-state index >= 15 is 0 Å². The van der Waals surface area contributed by atoms with Crippen LogP contribution in [-0.2, 0) is 0 Å². The first kappa shape index (κ1) is 73.4. The molecule has 0 aliphatic carbocycles. The van der Waals surface area contributed by atoms with Crippen LogP contribution >= 0.6 is 0 Å². The lowest BCUT2D eigenvalue weighted by Crippen LogP contribution is -2.03.